The van der Waals surface area contributed by atoms with Crippen molar-refractivity contribution in [2.45, 2.75) is 47.2 Å². The molecule has 0 bridgehead atoms. The molecule has 0 aliphatic rings. The Hall–Kier alpha value is -0.870. The highest BCUT2D eigenvalue weighted by Crippen LogP contribution is 2.10. The molecule has 104 valence electrons. The van der Waals surface area contributed by atoms with Crippen LogP contribution in [0.5, 0.6) is 0 Å². The minimum atomic E-state index is 0.550. The smallest absolute Gasteiger partial charge is 0.0625 e. The molecule has 1 aromatic heterocycles. The Kier molecular flexibility index (Phi) is 6.36. The second kappa shape index (κ2) is 7.54. The molecule has 1 unspecified atom stereocenters. The van der Waals surface area contributed by atoms with E-state index in [0.29, 0.717) is 5.92 Å². The number of rotatable bonds is 8. The Morgan fingerprint density at radius 1 is 1.39 bits per heavy atom. The summed E-state index contributed by atoms with van der Waals surface area (Å²) in [6.45, 7) is 13.5. The van der Waals surface area contributed by atoms with Crippen molar-refractivity contribution in [1.82, 2.24) is 14.7 Å². The first-order valence-corrected chi connectivity index (χ1v) is 7.12. The molecule has 0 saturated carbocycles. The van der Waals surface area contributed by atoms with Gasteiger partial charge in [0, 0.05) is 19.6 Å². The zero-order chi connectivity index (χ0) is 13.5. The number of nitrogens with two attached hydrogens (primary N) is 1. The Morgan fingerprint density at radius 2 is 2.11 bits per heavy atom. The first-order chi connectivity index (χ1) is 8.64. The van der Waals surface area contributed by atoms with Crippen LogP contribution in [-0.2, 0) is 19.5 Å². The monoisotopic (exact) mass is 252 g/mol. The number of nitrogens with zero attached hydrogens (tertiary/aromatic N) is 3. The molecule has 0 amide bonds. The third-order valence-electron chi connectivity index (χ3n) is 3.38. The molecule has 2 N–H and O–H groups in total. The van der Waals surface area contributed by atoms with Crippen molar-refractivity contribution in [3.05, 3.63) is 17.5 Å². The van der Waals surface area contributed by atoms with Crippen LogP contribution >= 0.6 is 0 Å². The second-order valence-corrected chi connectivity index (χ2v) is 4.96. The van der Waals surface area contributed by atoms with E-state index in [9.17, 15) is 0 Å². The number of hydrogen-bond donors (Lipinski definition) is 1. The molecule has 4 heteroatoms. The molecule has 1 atom stereocenters. The molecule has 1 rings (SSSR count). The summed E-state index contributed by atoms with van der Waals surface area (Å²) in [6, 6.07) is 2.24. The van der Waals surface area contributed by atoms with Crippen LogP contribution < -0.4 is 5.73 Å². The molecule has 0 spiro atoms. The molecular weight excluding hydrogens is 224 g/mol. The maximum absolute atomic E-state index is 5.71. The molecule has 18 heavy (non-hydrogen) atoms. The molecule has 0 aromatic carbocycles. The van der Waals surface area contributed by atoms with Gasteiger partial charge in [0.1, 0.15) is 0 Å². The number of hydrogen-bond acceptors (Lipinski definition) is 3. The summed E-state index contributed by atoms with van der Waals surface area (Å²) in [5.74, 6) is 0.550. The van der Waals surface area contributed by atoms with E-state index in [4.69, 9.17) is 5.73 Å². The van der Waals surface area contributed by atoms with Crippen molar-refractivity contribution in [2.75, 3.05) is 19.6 Å². The maximum atomic E-state index is 5.71. The van der Waals surface area contributed by atoms with Crippen LogP contribution in [0, 0.1) is 5.92 Å². The van der Waals surface area contributed by atoms with Gasteiger partial charge in [-0.05, 0) is 38.4 Å². The quantitative estimate of drug-likeness (QED) is 0.768. The number of aromatic nitrogens is 2. The summed E-state index contributed by atoms with van der Waals surface area (Å²) in [4.78, 5) is 2.44. The lowest BCUT2D eigenvalue weighted by molar-refractivity contribution is 0.236. The van der Waals surface area contributed by atoms with E-state index in [1.54, 1.807) is 0 Å². The van der Waals surface area contributed by atoms with Gasteiger partial charge in [-0.25, -0.2) is 0 Å². The highest BCUT2D eigenvalue weighted by molar-refractivity contribution is 5.10. The Morgan fingerprint density at radius 3 is 2.61 bits per heavy atom. The van der Waals surface area contributed by atoms with Crippen molar-refractivity contribution in [2.24, 2.45) is 11.7 Å². The summed E-state index contributed by atoms with van der Waals surface area (Å²) in [5.41, 5.74) is 8.22. The van der Waals surface area contributed by atoms with Gasteiger partial charge >= 0.3 is 0 Å². The standard InChI is InChI=1S/C14H28N4/c1-5-13-8-14(18(7-3)16-13)11-17(6-2)10-12(4)9-15/h8,12H,5-7,9-11,15H2,1-4H3. The van der Waals surface area contributed by atoms with Gasteiger partial charge in [0.25, 0.3) is 0 Å². The van der Waals surface area contributed by atoms with Crippen LogP contribution in [0.25, 0.3) is 0 Å². The maximum Gasteiger partial charge on any atom is 0.0625 e. The summed E-state index contributed by atoms with van der Waals surface area (Å²) in [5, 5.41) is 4.60. The van der Waals surface area contributed by atoms with Crippen molar-refractivity contribution in [3.63, 3.8) is 0 Å². The van der Waals surface area contributed by atoms with Gasteiger partial charge in [0.15, 0.2) is 0 Å². The minimum absolute atomic E-state index is 0.550. The minimum Gasteiger partial charge on any atom is -0.330 e. The van der Waals surface area contributed by atoms with Gasteiger partial charge < -0.3 is 5.73 Å². The van der Waals surface area contributed by atoms with Crippen molar-refractivity contribution in [3.8, 4) is 0 Å². The highest BCUT2D eigenvalue weighted by atomic mass is 15.3. The van der Waals surface area contributed by atoms with Crippen LogP contribution in [0.15, 0.2) is 6.07 Å². The molecule has 1 heterocycles. The SMILES string of the molecule is CCc1cc(CN(CC)CC(C)CN)n(CC)n1. The van der Waals surface area contributed by atoms with Crippen LogP contribution in [0.3, 0.4) is 0 Å². The van der Waals surface area contributed by atoms with Crippen molar-refractivity contribution < 1.29 is 0 Å². The van der Waals surface area contributed by atoms with Gasteiger partial charge in [0.05, 0.1) is 11.4 Å². The van der Waals surface area contributed by atoms with Gasteiger partial charge in [-0.1, -0.05) is 20.8 Å². The molecule has 1 aromatic rings. The topological polar surface area (TPSA) is 47.1 Å². The average molecular weight is 252 g/mol. The summed E-state index contributed by atoms with van der Waals surface area (Å²) < 4.78 is 2.12. The molecule has 0 aliphatic carbocycles. The first kappa shape index (κ1) is 15.2. The second-order valence-electron chi connectivity index (χ2n) is 4.96. The van der Waals surface area contributed by atoms with E-state index < -0.39 is 0 Å². The van der Waals surface area contributed by atoms with Gasteiger partial charge in [-0.2, -0.15) is 5.10 Å². The van der Waals surface area contributed by atoms with E-state index in [1.165, 1.54) is 11.4 Å². The predicted octanol–water partition coefficient (Wildman–Crippen LogP) is 1.88. The lowest BCUT2D eigenvalue weighted by atomic mass is 10.1. The Labute approximate surface area is 111 Å². The molecule has 0 aliphatic heterocycles. The normalized spacial score (nSPS) is 13.2. The zero-order valence-corrected chi connectivity index (χ0v) is 12.3. The highest BCUT2D eigenvalue weighted by Gasteiger charge is 2.12. The fraction of sp³-hybridized carbons (Fsp3) is 0.786. The number of aryl methyl sites for hydroxylation is 2. The fourth-order valence-corrected chi connectivity index (χ4v) is 2.14. The van der Waals surface area contributed by atoms with Crippen LogP contribution in [0.4, 0.5) is 0 Å². The van der Waals surface area contributed by atoms with Gasteiger partial charge in [-0.3, -0.25) is 9.58 Å². The van der Waals surface area contributed by atoms with Crippen LogP contribution in [-0.4, -0.2) is 34.3 Å². The average Bonchev–Trinajstić information content (AvgIpc) is 2.79. The molecule has 0 fully saturated rings. The molecular formula is C14H28N4. The first-order valence-electron chi connectivity index (χ1n) is 7.12. The molecule has 4 nitrogen and oxygen atoms in total. The molecule has 0 radical (unpaired) electrons. The van der Waals surface area contributed by atoms with E-state index in [-0.39, 0.29) is 0 Å². The lowest BCUT2D eigenvalue weighted by Gasteiger charge is -2.23. The molecule has 0 saturated heterocycles. The van der Waals surface area contributed by atoms with E-state index in [0.717, 1.165) is 39.1 Å². The van der Waals surface area contributed by atoms with E-state index in [1.807, 2.05) is 0 Å². The zero-order valence-electron chi connectivity index (χ0n) is 12.3. The predicted molar refractivity (Wildman–Crippen MR) is 76.4 cm³/mol. The summed E-state index contributed by atoms with van der Waals surface area (Å²) in [7, 11) is 0. The van der Waals surface area contributed by atoms with Crippen molar-refractivity contribution in [1.29, 1.82) is 0 Å². The largest absolute Gasteiger partial charge is 0.330 e. The Balaban J connectivity index is 2.71. The van der Waals surface area contributed by atoms with E-state index in [2.05, 4.69) is 48.4 Å². The summed E-state index contributed by atoms with van der Waals surface area (Å²) in [6.07, 6.45) is 1.01. The fourth-order valence-electron chi connectivity index (χ4n) is 2.14. The van der Waals surface area contributed by atoms with Gasteiger partial charge in [-0.15, -0.1) is 0 Å². The lowest BCUT2D eigenvalue weighted by Crippen LogP contribution is -2.31. The third-order valence-corrected chi connectivity index (χ3v) is 3.38. The van der Waals surface area contributed by atoms with Crippen LogP contribution in [0.1, 0.15) is 39.1 Å². The van der Waals surface area contributed by atoms with Crippen molar-refractivity contribution >= 4 is 0 Å². The Bertz CT molecular complexity index is 346. The third kappa shape index (κ3) is 4.10. The van der Waals surface area contributed by atoms with Crippen LogP contribution in [0.2, 0.25) is 0 Å². The van der Waals surface area contributed by atoms with E-state index >= 15 is 0 Å². The summed E-state index contributed by atoms with van der Waals surface area (Å²) >= 11 is 0. The van der Waals surface area contributed by atoms with Gasteiger partial charge in [0.2, 0.25) is 0 Å².